The lowest BCUT2D eigenvalue weighted by molar-refractivity contribution is -0.136. The van der Waals surface area contributed by atoms with Gasteiger partial charge in [0, 0.05) is 36.3 Å². The number of esters is 1. The van der Waals surface area contributed by atoms with E-state index in [1.54, 1.807) is 0 Å². The Labute approximate surface area is 119 Å². The Kier molecular flexibility index (Phi) is 4.56. The maximum Gasteiger partial charge on any atom is 0.333 e. The van der Waals surface area contributed by atoms with Crippen molar-refractivity contribution in [2.24, 2.45) is 0 Å². The van der Waals surface area contributed by atoms with Crippen molar-refractivity contribution in [2.75, 3.05) is 25.1 Å². The van der Waals surface area contributed by atoms with Crippen LogP contribution in [0.4, 0.5) is 5.69 Å². The van der Waals surface area contributed by atoms with Crippen molar-refractivity contribution in [3.63, 3.8) is 0 Å². The molecule has 0 bridgehead atoms. The average molecular weight is 273 g/mol. The molecular formula is C16H19NO3. The SMILES string of the molecule is CCC(=CCN1CCC(=O)c2ccccc21)C(=O)OC. The predicted molar refractivity (Wildman–Crippen MR) is 78.0 cm³/mol. The number of fused-ring (bicyclic) bond motifs is 1. The maximum absolute atomic E-state index is 11.9. The third kappa shape index (κ3) is 2.90. The summed E-state index contributed by atoms with van der Waals surface area (Å²) in [6, 6.07) is 7.61. The summed E-state index contributed by atoms with van der Waals surface area (Å²) in [5.74, 6) is -0.0987. The molecule has 4 heteroatoms. The van der Waals surface area contributed by atoms with E-state index in [1.165, 1.54) is 7.11 Å². The fourth-order valence-corrected chi connectivity index (χ4v) is 2.39. The van der Waals surface area contributed by atoms with Crippen LogP contribution in [0.15, 0.2) is 35.9 Å². The Morgan fingerprint density at radius 1 is 1.40 bits per heavy atom. The third-order valence-electron chi connectivity index (χ3n) is 3.54. The number of Topliss-reactive ketones (excluding diaryl/α,β-unsaturated/α-hetero) is 1. The maximum atomic E-state index is 11.9. The second-order valence-corrected chi connectivity index (χ2v) is 4.71. The van der Waals surface area contributed by atoms with Crippen LogP contribution in [-0.2, 0) is 9.53 Å². The summed E-state index contributed by atoms with van der Waals surface area (Å²) in [7, 11) is 1.39. The number of carbonyl (C=O) groups excluding carboxylic acids is 2. The van der Waals surface area contributed by atoms with E-state index in [1.807, 2.05) is 37.3 Å². The van der Waals surface area contributed by atoms with Crippen molar-refractivity contribution < 1.29 is 14.3 Å². The predicted octanol–water partition coefficient (Wildman–Crippen LogP) is 2.59. The summed E-state index contributed by atoms with van der Waals surface area (Å²) >= 11 is 0. The van der Waals surface area contributed by atoms with Gasteiger partial charge in [-0.2, -0.15) is 0 Å². The molecule has 0 N–H and O–H groups in total. The van der Waals surface area contributed by atoms with Gasteiger partial charge in [-0.05, 0) is 18.6 Å². The zero-order valence-corrected chi connectivity index (χ0v) is 11.9. The Bertz CT molecular complexity index is 548. The molecule has 2 rings (SSSR count). The van der Waals surface area contributed by atoms with Crippen molar-refractivity contribution >= 4 is 17.4 Å². The molecule has 0 saturated heterocycles. The highest BCUT2D eigenvalue weighted by Gasteiger charge is 2.21. The van der Waals surface area contributed by atoms with E-state index in [2.05, 4.69) is 4.90 Å². The molecule has 4 nitrogen and oxygen atoms in total. The molecule has 0 atom stereocenters. The smallest absolute Gasteiger partial charge is 0.333 e. The van der Waals surface area contributed by atoms with Crippen LogP contribution in [0.3, 0.4) is 0 Å². The van der Waals surface area contributed by atoms with Gasteiger partial charge in [0.2, 0.25) is 0 Å². The summed E-state index contributed by atoms with van der Waals surface area (Å²) in [6.45, 7) is 3.23. The van der Waals surface area contributed by atoms with Crippen LogP contribution >= 0.6 is 0 Å². The molecular weight excluding hydrogens is 254 g/mol. The number of methoxy groups -OCH3 is 1. The highest BCUT2D eigenvalue weighted by atomic mass is 16.5. The summed E-state index contributed by atoms with van der Waals surface area (Å²) in [4.78, 5) is 25.5. The zero-order valence-electron chi connectivity index (χ0n) is 11.9. The van der Waals surface area contributed by atoms with Crippen LogP contribution in [-0.4, -0.2) is 32.0 Å². The number of para-hydroxylation sites is 1. The van der Waals surface area contributed by atoms with Gasteiger partial charge in [-0.3, -0.25) is 4.79 Å². The molecule has 106 valence electrons. The van der Waals surface area contributed by atoms with Crippen LogP contribution < -0.4 is 4.90 Å². The first-order valence-electron chi connectivity index (χ1n) is 6.82. The number of rotatable bonds is 4. The van der Waals surface area contributed by atoms with Gasteiger partial charge in [0.05, 0.1) is 7.11 Å². The first-order chi connectivity index (χ1) is 9.67. The Balaban J connectivity index is 2.19. The van der Waals surface area contributed by atoms with Gasteiger partial charge < -0.3 is 9.64 Å². The number of nitrogens with zero attached hydrogens (tertiary/aromatic N) is 1. The molecule has 1 heterocycles. The van der Waals surface area contributed by atoms with E-state index in [4.69, 9.17) is 4.74 Å². The number of ketones is 1. The topological polar surface area (TPSA) is 46.6 Å². The van der Waals surface area contributed by atoms with Crippen LogP contribution in [0.2, 0.25) is 0 Å². The van der Waals surface area contributed by atoms with Crippen LogP contribution in [0.25, 0.3) is 0 Å². The van der Waals surface area contributed by atoms with Gasteiger partial charge >= 0.3 is 5.97 Å². The molecule has 0 aromatic heterocycles. The zero-order chi connectivity index (χ0) is 14.5. The van der Waals surface area contributed by atoms with Gasteiger partial charge in [-0.15, -0.1) is 0 Å². The van der Waals surface area contributed by atoms with Crippen molar-refractivity contribution in [2.45, 2.75) is 19.8 Å². The van der Waals surface area contributed by atoms with E-state index in [0.29, 0.717) is 31.5 Å². The lowest BCUT2D eigenvalue weighted by atomic mass is 10.0. The molecule has 1 aliphatic rings. The van der Waals surface area contributed by atoms with Crippen molar-refractivity contribution in [1.29, 1.82) is 0 Å². The number of benzene rings is 1. The van der Waals surface area contributed by atoms with Crippen LogP contribution in [0.1, 0.15) is 30.1 Å². The highest BCUT2D eigenvalue weighted by molar-refractivity contribution is 6.03. The summed E-state index contributed by atoms with van der Waals surface area (Å²) < 4.78 is 4.75. The van der Waals surface area contributed by atoms with Gasteiger partial charge in [0.1, 0.15) is 0 Å². The number of ether oxygens (including phenoxy) is 1. The third-order valence-corrected chi connectivity index (χ3v) is 3.54. The standard InChI is InChI=1S/C16H19NO3/c1-3-12(16(19)20-2)8-10-17-11-9-15(18)13-6-4-5-7-14(13)17/h4-8H,3,9-11H2,1-2H3. The molecule has 0 saturated carbocycles. The molecule has 0 radical (unpaired) electrons. The fourth-order valence-electron chi connectivity index (χ4n) is 2.39. The monoisotopic (exact) mass is 273 g/mol. The van der Waals surface area contributed by atoms with Crippen molar-refractivity contribution in [3.05, 3.63) is 41.5 Å². The summed E-state index contributed by atoms with van der Waals surface area (Å²) in [5, 5.41) is 0. The van der Waals surface area contributed by atoms with Gasteiger partial charge in [0.25, 0.3) is 0 Å². The Morgan fingerprint density at radius 3 is 2.85 bits per heavy atom. The molecule has 0 amide bonds. The number of hydrogen-bond donors (Lipinski definition) is 0. The second-order valence-electron chi connectivity index (χ2n) is 4.71. The molecule has 0 fully saturated rings. The quantitative estimate of drug-likeness (QED) is 0.625. The molecule has 1 aromatic rings. The van der Waals surface area contributed by atoms with Crippen LogP contribution in [0, 0.1) is 0 Å². The summed E-state index contributed by atoms with van der Waals surface area (Å²) in [5.41, 5.74) is 2.38. The largest absolute Gasteiger partial charge is 0.466 e. The average Bonchev–Trinajstić information content (AvgIpc) is 2.49. The van der Waals surface area contributed by atoms with E-state index in [-0.39, 0.29) is 11.8 Å². The first-order valence-corrected chi connectivity index (χ1v) is 6.82. The molecule has 0 unspecified atom stereocenters. The number of hydrogen-bond acceptors (Lipinski definition) is 4. The lowest BCUT2D eigenvalue weighted by Gasteiger charge is -2.29. The molecule has 0 spiro atoms. The number of carbonyl (C=O) groups is 2. The summed E-state index contributed by atoms with van der Waals surface area (Å²) in [6.07, 6.45) is 3.05. The van der Waals surface area contributed by atoms with Gasteiger partial charge in [0.15, 0.2) is 5.78 Å². The van der Waals surface area contributed by atoms with Crippen LogP contribution in [0.5, 0.6) is 0 Å². The Morgan fingerprint density at radius 2 is 2.15 bits per heavy atom. The minimum absolute atomic E-state index is 0.185. The van der Waals surface area contributed by atoms with Crippen molar-refractivity contribution in [1.82, 2.24) is 0 Å². The lowest BCUT2D eigenvalue weighted by Crippen LogP contribution is -2.32. The second kappa shape index (κ2) is 6.37. The molecule has 0 aliphatic carbocycles. The van der Waals surface area contributed by atoms with Gasteiger partial charge in [-0.25, -0.2) is 4.79 Å². The molecule has 1 aliphatic heterocycles. The van der Waals surface area contributed by atoms with Crippen molar-refractivity contribution in [3.8, 4) is 0 Å². The first kappa shape index (κ1) is 14.3. The fraction of sp³-hybridized carbons (Fsp3) is 0.375. The van der Waals surface area contributed by atoms with E-state index >= 15 is 0 Å². The minimum atomic E-state index is -0.283. The van der Waals surface area contributed by atoms with Gasteiger partial charge in [-0.1, -0.05) is 25.1 Å². The number of anilines is 1. The highest BCUT2D eigenvalue weighted by Crippen LogP contribution is 2.26. The van der Waals surface area contributed by atoms with E-state index < -0.39 is 0 Å². The molecule has 20 heavy (non-hydrogen) atoms. The normalized spacial score (nSPS) is 15.0. The van der Waals surface area contributed by atoms with E-state index in [0.717, 1.165) is 11.3 Å². The van der Waals surface area contributed by atoms with E-state index in [9.17, 15) is 9.59 Å². The Hall–Kier alpha value is -2.10. The minimum Gasteiger partial charge on any atom is -0.466 e. The molecule has 1 aromatic carbocycles.